The first-order chi connectivity index (χ1) is 7.17. The SMILES string of the molecule is CC(C)C(CN)Nc1ccc(C#N)nc1. The molecule has 1 heterocycles. The van der Waals surface area contributed by atoms with Gasteiger partial charge >= 0.3 is 0 Å². The minimum atomic E-state index is 0.236. The maximum atomic E-state index is 8.59. The monoisotopic (exact) mass is 204 g/mol. The van der Waals surface area contributed by atoms with Gasteiger partial charge in [0.2, 0.25) is 0 Å². The molecule has 0 aliphatic rings. The predicted octanol–water partition coefficient (Wildman–Crippen LogP) is 1.35. The number of nitrogens with two attached hydrogens (primary N) is 1. The lowest BCUT2D eigenvalue weighted by molar-refractivity contribution is 0.531. The molecule has 0 radical (unpaired) electrons. The molecule has 80 valence electrons. The standard InChI is InChI=1S/C11H16N4/c1-8(2)11(6-13)15-10-4-3-9(5-12)14-7-10/h3-4,7-8,11,15H,6,13H2,1-2H3. The van der Waals surface area contributed by atoms with Crippen LogP contribution in [-0.2, 0) is 0 Å². The first-order valence-corrected chi connectivity index (χ1v) is 5.00. The van der Waals surface area contributed by atoms with Gasteiger partial charge in [0.15, 0.2) is 0 Å². The van der Waals surface area contributed by atoms with Crippen LogP contribution in [0.1, 0.15) is 19.5 Å². The van der Waals surface area contributed by atoms with Crippen LogP contribution in [-0.4, -0.2) is 17.6 Å². The Morgan fingerprint density at radius 3 is 2.67 bits per heavy atom. The van der Waals surface area contributed by atoms with E-state index in [0.717, 1.165) is 5.69 Å². The van der Waals surface area contributed by atoms with Crippen molar-refractivity contribution in [3.8, 4) is 6.07 Å². The molecule has 0 aliphatic heterocycles. The first-order valence-electron chi connectivity index (χ1n) is 5.00. The molecule has 0 spiro atoms. The maximum Gasteiger partial charge on any atom is 0.140 e. The van der Waals surface area contributed by atoms with Gasteiger partial charge in [0.05, 0.1) is 11.9 Å². The summed E-state index contributed by atoms with van der Waals surface area (Å²) in [5, 5.41) is 11.9. The molecule has 0 fully saturated rings. The van der Waals surface area contributed by atoms with E-state index < -0.39 is 0 Å². The van der Waals surface area contributed by atoms with Crippen LogP contribution in [0.2, 0.25) is 0 Å². The van der Waals surface area contributed by atoms with Crippen LogP contribution in [0.15, 0.2) is 18.3 Å². The molecule has 1 aromatic rings. The molecule has 0 aliphatic carbocycles. The van der Waals surface area contributed by atoms with Crippen molar-refractivity contribution in [2.75, 3.05) is 11.9 Å². The van der Waals surface area contributed by atoms with E-state index in [2.05, 4.69) is 24.1 Å². The summed E-state index contributed by atoms with van der Waals surface area (Å²) < 4.78 is 0. The van der Waals surface area contributed by atoms with Crippen molar-refractivity contribution in [3.05, 3.63) is 24.0 Å². The van der Waals surface area contributed by atoms with Gasteiger partial charge in [-0.2, -0.15) is 5.26 Å². The molecule has 0 bridgehead atoms. The van der Waals surface area contributed by atoms with Crippen molar-refractivity contribution in [2.45, 2.75) is 19.9 Å². The van der Waals surface area contributed by atoms with E-state index in [-0.39, 0.29) is 6.04 Å². The number of nitriles is 1. The minimum absolute atomic E-state index is 0.236. The fourth-order valence-corrected chi connectivity index (χ4v) is 1.26. The normalized spacial score (nSPS) is 12.2. The quantitative estimate of drug-likeness (QED) is 0.776. The summed E-state index contributed by atoms with van der Waals surface area (Å²) in [5.74, 6) is 0.464. The fraction of sp³-hybridized carbons (Fsp3) is 0.455. The predicted molar refractivity (Wildman–Crippen MR) is 60.3 cm³/mol. The topological polar surface area (TPSA) is 74.7 Å². The van der Waals surface area contributed by atoms with Crippen LogP contribution < -0.4 is 11.1 Å². The highest BCUT2D eigenvalue weighted by Crippen LogP contribution is 2.11. The third-order valence-corrected chi connectivity index (χ3v) is 2.29. The van der Waals surface area contributed by atoms with E-state index in [9.17, 15) is 0 Å². The molecular weight excluding hydrogens is 188 g/mol. The molecule has 1 atom stereocenters. The largest absolute Gasteiger partial charge is 0.380 e. The Bertz CT molecular complexity index is 337. The van der Waals surface area contributed by atoms with E-state index in [1.807, 2.05) is 12.1 Å². The molecule has 0 saturated carbocycles. The number of nitrogens with zero attached hydrogens (tertiary/aromatic N) is 2. The van der Waals surface area contributed by atoms with Crippen LogP contribution in [0.25, 0.3) is 0 Å². The second kappa shape index (κ2) is 5.32. The summed E-state index contributed by atoms with van der Waals surface area (Å²) in [7, 11) is 0. The highest BCUT2D eigenvalue weighted by atomic mass is 15.0. The van der Waals surface area contributed by atoms with Crippen molar-refractivity contribution >= 4 is 5.69 Å². The number of anilines is 1. The lowest BCUT2D eigenvalue weighted by atomic mass is 10.0. The average molecular weight is 204 g/mol. The summed E-state index contributed by atoms with van der Waals surface area (Å²) in [5.41, 5.74) is 6.97. The molecule has 4 nitrogen and oxygen atoms in total. The summed E-state index contributed by atoms with van der Waals surface area (Å²) in [6, 6.07) is 5.75. The molecule has 15 heavy (non-hydrogen) atoms. The van der Waals surface area contributed by atoms with Crippen LogP contribution in [0.3, 0.4) is 0 Å². The summed E-state index contributed by atoms with van der Waals surface area (Å²) in [4.78, 5) is 3.98. The Labute approximate surface area is 90.1 Å². The Balaban J connectivity index is 2.68. The van der Waals surface area contributed by atoms with E-state index in [0.29, 0.717) is 18.2 Å². The smallest absolute Gasteiger partial charge is 0.140 e. The maximum absolute atomic E-state index is 8.59. The number of hydrogen-bond donors (Lipinski definition) is 2. The number of aromatic nitrogens is 1. The highest BCUT2D eigenvalue weighted by Gasteiger charge is 2.10. The van der Waals surface area contributed by atoms with E-state index in [4.69, 9.17) is 11.0 Å². The molecule has 0 saturated heterocycles. The van der Waals surface area contributed by atoms with Gasteiger partial charge in [-0.25, -0.2) is 4.98 Å². The van der Waals surface area contributed by atoms with Gasteiger partial charge in [0.1, 0.15) is 11.8 Å². The molecule has 1 rings (SSSR count). The third-order valence-electron chi connectivity index (χ3n) is 2.29. The number of nitrogens with one attached hydrogen (secondary N) is 1. The van der Waals surface area contributed by atoms with Gasteiger partial charge in [-0.1, -0.05) is 13.8 Å². The zero-order valence-electron chi connectivity index (χ0n) is 9.07. The zero-order chi connectivity index (χ0) is 11.3. The summed E-state index contributed by atoms with van der Waals surface area (Å²) >= 11 is 0. The second-order valence-electron chi connectivity index (χ2n) is 3.77. The molecular formula is C11H16N4. The van der Waals surface area contributed by atoms with Crippen LogP contribution in [0.4, 0.5) is 5.69 Å². The molecule has 1 aromatic heterocycles. The Morgan fingerprint density at radius 1 is 1.53 bits per heavy atom. The Hall–Kier alpha value is -1.60. The number of hydrogen-bond acceptors (Lipinski definition) is 4. The molecule has 1 unspecified atom stereocenters. The van der Waals surface area contributed by atoms with Crippen molar-refractivity contribution in [2.24, 2.45) is 11.7 Å². The lowest BCUT2D eigenvalue weighted by Crippen LogP contribution is -2.33. The van der Waals surface area contributed by atoms with Crippen LogP contribution in [0, 0.1) is 17.2 Å². The molecule has 0 amide bonds. The van der Waals surface area contributed by atoms with Gasteiger partial charge < -0.3 is 11.1 Å². The summed E-state index contributed by atoms with van der Waals surface area (Å²) in [6.45, 7) is 4.81. The van der Waals surface area contributed by atoms with Gasteiger partial charge in [-0.05, 0) is 18.1 Å². The van der Waals surface area contributed by atoms with Gasteiger partial charge in [0, 0.05) is 12.6 Å². The van der Waals surface area contributed by atoms with Gasteiger partial charge in [0.25, 0.3) is 0 Å². The van der Waals surface area contributed by atoms with Crippen molar-refractivity contribution in [1.29, 1.82) is 5.26 Å². The summed E-state index contributed by atoms with van der Waals surface area (Å²) in [6.07, 6.45) is 1.66. The lowest BCUT2D eigenvalue weighted by Gasteiger charge is -2.21. The van der Waals surface area contributed by atoms with E-state index in [1.165, 1.54) is 0 Å². The molecule has 4 heteroatoms. The third kappa shape index (κ3) is 3.22. The average Bonchev–Trinajstić information content (AvgIpc) is 2.26. The minimum Gasteiger partial charge on any atom is -0.380 e. The Kier molecular flexibility index (Phi) is 4.07. The molecule has 3 N–H and O–H groups in total. The first kappa shape index (κ1) is 11.5. The van der Waals surface area contributed by atoms with E-state index >= 15 is 0 Å². The van der Waals surface area contributed by atoms with Gasteiger partial charge in [-0.3, -0.25) is 0 Å². The van der Waals surface area contributed by atoms with Crippen molar-refractivity contribution in [3.63, 3.8) is 0 Å². The van der Waals surface area contributed by atoms with Crippen molar-refractivity contribution in [1.82, 2.24) is 4.98 Å². The fourth-order valence-electron chi connectivity index (χ4n) is 1.26. The number of rotatable bonds is 4. The Morgan fingerprint density at radius 2 is 2.27 bits per heavy atom. The zero-order valence-corrected chi connectivity index (χ0v) is 9.07. The van der Waals surface area contributed by atoms with Crippen molar-refractivity contribution < 1.29 is 0 Å². The highest BCUT2D eigenvalue weighted by molar-refractivity contribution is 5.43. The number of pyridine rings is 1. The molecule has 0 aromatic carbocycles. The second-order valence-corrected chi connectivity index (χ2v) is 3.77. The van der Waals surface area contributed by atoms with Crippen LogP contribution in [0.5, 0.6) is 0 Å². The van der Waals surface area contributed by atoms with Gasteiger partial charge in [-0.15, -0.1) is 0 Å². The van der Waals surface area contributed by atoms with Crippen LogP contribution >= 0.6 is 0 Å². The van der Waals surface area contributed by atoms with E-state index in [1.54, 1.807) is 12.3 Å².